The lowest BCUT2D eigenvalue weighted by atomic mass is 10.2. The van der Waals surface area contributed by atoms with Gasteiger partial charge in [0.25, 0.3) is 0 Å². The first-order valence-corrected chi connectivity index (χ1v) is 8.60. The van der Waals surface area contributed by atoms with Gasteiger partial charge in [0.15, 0.2) is 11.0 Å². The molecule has 0 spiro atoms. The highest BCUT2D eigenvalue weighted by Crippen LogP contribution is 2.26. The van der Waals surface area contributed by atoms with E-state index in [-0.39, 0.29) is 11.2 Å². The Morgan fingerprint density at radius 2 is 2.04 bits per heavy atom. The maximum atomic E-state index is 12.3. The van der Waals surface area contributed by atoms with Gasteiger partial charge in [-0.2, -0.15) is 0 Å². The Morgan fingerprint density at radius 3 is 2.61 bits per heavy atom. The maximum Gasteiger partial charge on any atom is 0.238 e. The van der Waals surface area contributed by atoms with Crippen LogP contribution in [0.2, 0.25) is 0 Å². The van der Waals surface area contributed by atoms with Crippen molar-refractivity contribution >= 4 is 23.5 Å². The SMILES string of the molecule is Cc1cc(NC(=O)C(C)Sc2nc(C)c(C)n2CC(C)C)no1. The first-order chi connectivity index (χ1) is 10.8. The van der Waals surface area contributed by atoms with Gasteiger partial charge in [-0.3, -0.25) is 4.79 Å². The van der Waals surface area contributed by atoms with E-state index in [9.17, 15) is 4.79 Å². The van der Waals surface area contributed by atoms with E-state index in [1.54, 1.807) is 13.0 Å². The van der Waals surface area contributed by atoms with Gasteiger partial charge in [0, 0.05) is 18.3 Å². The van der Waals surface area contributed by atoms with Gasteiger partial charge in [-0.25, -0.2) is 4.98 Å². The highest BCUT2D eigenvalue weighted by atomic mass is 32.2. The number of thioether (sulfide) groups is 1. The van der Waals surface area contributed by atoms with Crippen molar-refractivity contribution in [2.45, 2.75) is 58.5 Å². The highest BCUT2D eigenvalue weighted by molar-refractivity contribution is 8.00. The van der Waals surface area contributed by atoms with Crippen LogP contribution in [0.3, 0.4) is 0 Å². The fourth-order valence-corrected chi connectivity index (χ4v) is 3.17. The Hall–Kier alpha value is -1.76. The molecule has 0 aliphatic heterocycles. The molecule has 0 aliphatic carbocycles. The van der Waals surface area contributed by atoms with Gasteiger partial charge in [-0.15, -0.1) is 0 Å². The standard InChI is InChI=1S/C16H24N4O2S/c1-9(2)8-20-12(5)11(4)17-16(20)23-13(6)15(21)18-14-7-10(3)22-19-14/h7,9,13H,8H2,1-6H3,(H,18,19,21). The number of carbonyl (C=O) groups is 1. The summed E-state index contributed by atoms with van der Waals surface area (Å²) < 4.78 is 7.15. The van der Waals surface area contributed by atoms with Gasteiger partial charge < -0.3 is 14.4 Å². The van der Waals surface area contributed by atoms with Crippen LogP contribution in [-0.2, 0) is 11.3 Å². The van der Waals surface area contributed by atoms with Crippen LogP contribution in [0.4, 0.5) is 5.82 Å². The number of amides is 1. The van der Waals surface area contributed by atoms with Crippen molar-refractivity contribution < 1.29 is 9.32 Å². The Bertz CT molecular complexity index is 690. The summed E-state index contributed by atoms with van der Waals surface area (Å²) in [5.41, 5.74) is 2.16. The molecular formula is C16H24N4O2S. The molecule has 1 amide bonds. The van der Waals surface area contributed by atoms with E-state index in [0.29, 0.717) is 17.5 Å². The van der Waals surface area contributed by atoms with E-state index >= 15 is 0 Å². The lowest BCUT2D eigenvalue weighted by Crippen LogP contribution is -2.23. The summed E-state index contributed by atoms with van der Waals surface area (Å²) in [6, 6.07) is 1.70. The van der Waals surface area contributed by atoms with Crippen LogP contribution in [0.1, 0.15) is 37.9 Å². The van der Waals surface area contributed by atoms with Crippen LogP contribution in [0, 0.1) is 26.7 Å². The smallest absolute Gasteiger partial charge is 0.238 e. The Morgan fingerprint density at radius 1 is 1.35 bits per heavy atom. The molecule has 2 heterocycles. The normalized spacial score (nSPS) is 12.7. The van der Waals surface area contributed by atoms with E-state index in [1.165, 1.54) is 11.8 Å². The quantitative estimate of drug-likeness (QED) is 0.816. The third-order valence-corrected chi connectivity index (χ3v) is 4.59. The number of nitrogens with one attached hydrogen (secondary N) is 1. The summed E-state index contributed by atoms with van der Waals surface area (Å²) in [6.07, 6.45) is 0. The van der Waals surface area contributed by atoms with Crippen molar-refractivity contribution in [3.63, 3.8) is 0 Å². The molecule has 7 heteroatoms. The molecular weight excluding hydrogens is 312 g/mol. The molecule has 0 aromatic carbocycles. The molecule has 0 fully saturated rings. The number of carbonyl (C=O) groups excluding carboxylic acids is 1. The molecule has 2 rings (SSSR count). The minimum absolute atomic E-state index is 0.113. The molecule has 0 saturated carbocycles. The van der Waals surface area contributed by atoms with Crippen LogP contribution in [-0.4, -0.2) is 25.9 Å². The van der Waals surface area contributed by atoms with Crippen molar-refractivity contribution in [2.75, 3.05) is 5.32 Å². The first kappa shape index (κ1) is 17.6. The minimum Gasteiger partial charge on any atom is -0.360 e. The predicted octanol–water partition coefficient (Wildman–Crippen LogP) is 3.57. The van der Waals surface area contributed by atoms with E-state index < -0.39 is 0 Å². The van der Waals surface area contributed by atoms with E-state index in [4.69, 9.17) is 4.52 Å². The fourth-order valence-electron chi connectivity index (χ4n) is 2.16. The van der Waals surface area contributed by atoms with Crippen molar-refractivity contribution in [3.05, 3.63) is 23.2 Å². The summed E-state index contributed by atoms with van der Waals surface area (Å²) in [6.45, 7) is 13.0. The number of hydrogen-bond donors (Lipinski definition) is 1. The van der Waals surface area contributed by atoms with Gasteiger partial charge in [-0.05, 0) is 33.6 Å². The molecule has 0 aliphatic rings. The summed E-state index contributed by atoms with van der Waals surface area (Å²) in [7, 11) is 0. The molecule has 1 atom stereocenters. The summed E-state index contributed by atoms with van der Waals surface area (Å²) in [4.78, 5) is 16.9. The van der Waals surface area contributed by atoms with Gasteiger partial charge in [-0.1, -0.05) is 30.8 Å². The second-order valence-electron chi connectivity index (χ2n) is 6.14. The van der Waals surface area contributed by atoms with Gasteiger partial charge in [0.1, 0.15) is 5.76 Å². The van der Waals surface area contributed by atoms with Crippen LogP contribution in [0.15, 0.2) is 15.7 Å². The topological polar surface area (TPSA) is 73.0 Å². The lowest BCUT2D eigenvalue weighted by molar-refractivity contribution is -0.115. The number of nitrogens with zero attached hydrogens (tertiary/aromatic N) is 3. The van der Waals surface area contributed by atoms with Crippen LogP contribution in [0.5, 0.6) is 0 Å². The fraction of sp³-hybridized carbons (Fsp3) is 0.562. The number of imidazole rings is 1. The van der Waals surface area contributed by atoms with Crippen molar-refractivity contribution in [3.8, 4) is 0 Å². The van der Waals surface area contributed by atoms with Crippen LogP contribution >= 0.6 is 11.8 Å². The van der Waals surface area contributed by atoms with E-state index in [1.807, 2.05) is 13.8 Å². The van der Waals surface area contributed by atoms with Crippen LogP contribution < -0.4 is 5.32 Å². The Labute approximate surface area is 141 Å². The maximum absolute atomic E-state index is 12.3. The Balaban J connectivity index is 2.08. The highest BCUT2D eigenvalue weighted by Gasteiger charge is 2.21. The first-order valence-electron chi connectivity index (χ1n) is 7.72. The van der Waals surface area contributed by atoms with E-state index in [2.05, 4.69) is 40.8 Å². The lowest BCUT2D eigenvalue weighted by Gasteiger charge is -2.14. The number of hydrogen-bond acceptors (Lipinski definition) is 5. The molecule has 0 saturated heterocycles. The minimum atomic E-state index is -0.279. The monoisotopic (exact) mass is 336 g/mol. The molecule has 23 heavy (non-hydrogen) atoms. The molecule has 1 unspecified atom stereocenters. The average Bonchev–Trinajstić information content (AvgIpc) is 2.97. The second kappa shape index (κ2) is 7.21. The molecule has 1 N–H and O–H groups in total. The zero-order valence-corrected chi connectivity index (χ0v) is 15.3. The summed E-state index contributed by atoms with van der Waals surface area (Å²) in [5.74, 6) is 1.51. The van der Waals surface area contributed by atoms with Gasteiger partial charge in [0.2, 0.25) is 5.91 Å². The summed E-state index contributed by atoms with van der Waals surface area (Å²) in [5, 5.41) is 7.15. The number of rotatable bonds is 6. The van der Waals surface area contributed by atoms with Crippen molar-refractivity contribution in [1.29, 1.82) is 0 Å². The van der Waals surface area contributed by atoms with Gasteiger partial charge in [0.05, 0.1) is 10.9 Å². The molecule has 2 aromatic rings. The number of aryl methyl sites for hydroxylation is 2. The average molecular weight is 336 g/mol. The number of aromatic nitrogens is 3. The summed E-state index contributed by atoms with van der Waals surface area (Å²) >= 11 is 1.46. The molecule has 126 valence electrons. The molecule has 0 bridgehead atoms. The Kier molecular flexibility index (Phi) is 5.51. The number of anilines is 1. The third-order valence-electron chi connectivity index (χ3n) is 3.50. The zero-order valence-electron chi connectivity index (χ0n) is 14.5. The second-order valence-corrected chi connectivity index (χ2v) is 7.45. The zero-order chi connectivity index (χ0) is 17.1. The van der Waals surface area contributed by atoms with Crippen molar-refractivity contribution in [2.24, 2.45) is 5.92 Å². The van der Waals surface area contributed by atoms with E-state index in [0.717, 1.165) is 23.1 Å². The predicted molar refractivity (Wildman–Crippen MR) is 91.7 cm³/mol. The molecule has 2 aromatic heterocycles. The third kappa shape index (κ3) is 4.37. The van der Waals surface area contributed by atoms with Crippen LogP contribution in [0.25, 0.3) is 0 Å². The van der Waals surface area contributed by atoms with Gasteiger partial charge >= 0.3 is 0 Å². The largest absolute Gasteiger partial charge is 0.360 e. The van der Waals surface area contributed by atoms with Crippen molar-refractivity contribution in [1.82, 2.24) is 14.7 Å². The molecule has 0 radical (unpaired) electrons. The molecule has 6 nitrogen and oxygen atoms in total.